The third kappa shape index (κ3) is 2.27. The van der Waals surface area contributed by atoms with E-state index in [0.29, 0.717) is 6.54 Å². The van der Waals surface area contributed by atoms with Crippen molar-refractivity contribution in [1.82, 2.24) is 9.88 Å². The number of H-pyrrole nitrogens is 1. The summed E-state index contributed by atoms with van der Waals surface area (Å²) in [6.45, 7) is 3.77. The van der Waals surface area contributed by atoms with Gasteiger partial charge in [-0.2, -0.15) is 0 Å². The Hall–Kier alpha value is -1.29. The smallest absolute Gasteiger partial charge is 0.307 e. The minimum absolute atomic E-state index is 0.203. The third-order valence-electron chi connectivity index (χ3n) is 3.42. The zero-order chi connectivity index (χ0) is 11.5. The van der Waals surface area contributed by atoms with Crippen molar-refractivity contribution in [3.05, 3.63) is 24.0 Å². The molecular weight excluding hydrogens is 204 g/mol. The van der Waals surface area contributed by atoms with Gasteiger partial charge in [0.25, 0.3) is 0 Å². The molecule has 4 nitrogen and oxygen atoms in total. The maximum absolute atomic E-state index is 11.0. The molecule has 1 fully saturated rings. The summed E-state index contributed by atoms with van der Waals surface area (Å²) in [5.74, 6) is -0.866. The van der Waals surface area contributed by atoms with Crippen molar-refractivity contribution in [3.63, 3.8) is 0 Å². The van der Waals surface area contributed by atoms with Crippen LogP contribution in [0.3, 0.4) is 0 Å². The predicted octanol–water partition coefficient (Wildman–Crippen LogP) is 1.87. The largest absolute Gasteiger partial charge is 0.481 e. The number of nitrogens with one attached hydrogen (secondary N) is 1. The number of aliphatic carboxylic acids is 1. The van der Waals surface area contributed by atoms with Crippen LogP contribution in [0.25, 0.3) is 0 Å². The number of aromatic amines is 1. The number of nitrogens with zero attached hydrogens (tertiary/aromatic N) is 1. The van der Waals surface area contributed by atoms with Gasteiger partial charge in [0, 0.05) is 24.5 Å². The number of likely N-dealkylation sites (tertiary alicyclic amines) is 1. The van der Waals surface area contributed by atoms with E-state index in [-0.39, 0.29) is 12.0 Å². The number of carboxylic acids is 1. The molecule has 0 amide bonds. The SMILES string of the molecule is C[C@@H](c1ccc[nH]1)N1CCC[C@@H](C(=O)O)C1. The quantitative estimate of drug-likeness (QED) is 0.821. The Kier molecular flexibility index (Phi) is 3.29. The monoisotopic (exact) mass is 222 g/mol. The highest BCUT2D eigenvalue weighted by atomic mass is 16.4. The van der Waals surface area contributed by atoms with Crippen molar-refractivity contribution in [2.75, 3.05) is 13.1 Å². The third-order valence-corrected chi connectivity index (χ3v) is 3.42. The van der Waals surface area contributed by atoms with Gasteiger partial charge >= 0.3 is 5.97 Å². The van der Waals surface area contributed by atoms with Crippen LogP contribution in [0.5, 0.6) is 0 Å². The predicted molar refractivity (Wildman–Crippen MR) is 61.1 cm³/mol. The number of hydrogen-bond donors (Lipinski definition) is 2. The van der Waals surface area contributed by atoms with Crippen molar-refractivity contribution in [2.24, 2.45) is 5.92 Å². The minimum atomic E-state index is -0.664. The number of aromatic nitrogens is 1. The molecule has 0 spiro atoms. The van der Waals surface area contributed by atoms with Crippen LogP contribution in [0, 0.1) is 5.92 Å². The van der Waals surface area contributed by atoms with E-state index < -0.39 is 5.97 Å². The molecule has 1 aromatic rings. The Morgan fingerprint density at radius 2 is 2.50 bits per heavy atom. The van der Waals surface area contributed by atoms with Gasteiger partial charge in [0.15, 0.2) is 0 Å². The molecule has 0 aromatic carbocycles. The van der Waals surface area contributed by atoms with Crippen LogP contribution >= 0.6 is 0 Å². The van der Waals surface area contributed by atoms with Crippen molar-refractivity contribution in [3.8, 4) is 0 Å². The molecule has 1 aliphatic rings. The van der Waals surface area contributed by atoms with Crippen LogP contribution in [0.4, 0.5) is 0 Å². The van der Waals surface area contributed by atoms with E-state index >= 15 is 0 Å². The molecule has 2 rings (SSSR count). The lowest BCUT2D eigenvalue weighted by Gasteiger charge is -2.34. The molecule has 0 unspecified atom stereocenters. The summed E-state index contributed by atoms with van der Waals surface area (Å²) in [6, 6.07) is 4.30. The fourth-order valence-electron chi connectivity index (χ4n) is 2.36. The molecule has 2 heterocycles. The fourth-order valence-corrected chi connectivity index (χ4v) is 2.36. The summed E-state index contributed by atoms with van der Waals surface area (Å²) in [4.78, 5) is 16.4. The van der Waals surface area contributed by atoms with Gasteiger partial charge in [0.1, 0.15) is 0 Å². The first-order valence-electron chi connectivity index (χ1n) is 5.78. The van der Waals surface area contributed by atoms with Crippen LogP contribution in [0.2, 0.25) is 0 Å². The summed E-state index contributed by atoms with van der Waals surface area (Å²) < 4.78 is 0. The van der Waals surface area contributed by atoms with E-state index in [1.54, 1.807) is 0 Å². The topological polar surface area (TPSA) is 56.3 Å². The Labute approximate surface area is 95.3 Å². The number of rotatable bonds is 3. The summed E-state index contributed by atoms with van der Waals surface area (Å²) in [6.07, 6.45) is 3.69. The zero-order valence-corrected chi connectivity index (χ0v) is 9.52. The normalized spacial score (nSPS) is 24.2. The minimum Gasteiger partial charge on any atom is -0.481 e. The van der Waals surface area contributed by atoms with Gasteiger partial charge in [-0.25, -0.2) is 0 Å². The molecule has 1 aliphatic heterocycles. The molecule has 2 N–H and O–H groups in total. The van der Waals surface area contributed by atoms with E-state index in [4.69, 9.17) is 5.11 Å². The lowest BCUT2D eigenvalue weighted by Crippen LogP contribution is -2.40. The van der Waals surface area contributed by atoms with Gasteiger partial charge in [-0.3, -0.25) is 9.69 Å². The van der Waals surface area contributed by atoms with Crippen LogP contribution in [0.1, 0.15) is 31.5 Å². The molecule has 0 aliphatic carbocycles. The zero-order valence-electron chi connectivity index (χ0n) is 9.52. The van der Waals surface area contributed by atoms with Crippen LogP contribution in [-0.4, -0.2) is 34.0 Å². The van der Waals surface area contributed by atoms with E-state index in [1.807, 2.05) is 12.3 Å². The second-order valence-electron chi connectivity index (χ2n) is 4.47. The Morgan fingerprint density at radius 1 is 1.69 bits per heavy atom. The Morgan fingerprint density at radius 3 is 3.12 bits per heavy atom. The highest BCUT2D eigenvalue weighted by Gasteiger charge is 2.28. The maximum Gasteiger partial charge on any atom is 0.307 e. The van der Waals surface area contributed by atoms with Crippen molar-refractivity contribution < 1.29 is 9.90 Å². The van der Waals surface area contributed by atoms with Crippen molar-refractivity contribution in [2.45, 2.75) is 25.8 Å². The maximum atomic E-state index is 11.0. The molecular formula is C12H18N2O2. The summed E-state index contributed by atoms with van der Waals surface area (Å²) in [5.41, 5.74) is 1.16. The Balaban J connectivity index is 2.01. The van der Waals surface area contributed by atoms with E-state index in [9.17, 15) is 4.79 Å². The number of hydrogen-bond acceptors (Lipinski definition) is 2. The average molecular weight is 222 g/mol. The first-order chi connectivity index (χ1) is 7.68. The van der Waals surface area contributed by atoms with Crippen LogP contribution < -0.4 is 0 Å². The number of carboxylic acid groups (broad SMARTS) is 1. The van der Waals surface area contributed by atoms with E-state index in [1.165, 1.54) is 0 Å². The Bertz CT molecular complexity index is 348. The van der Waals surface area contributed by atoms with E-state index in [0.717, 1.165) is 25.1 Å². The summed E-state index contributed by atoms with van der Waals surface area (Å²) >= 11 is 0. The fraction of sp³-hybridized carbons (Fsp3) is 0.583. The molecule has 1 aromatic heterocycles. The molecule has 0 radical (unpaired) electrons. The van der Waals surface area contributed by atoms with Gasteiger partial charge in [0.05, 0.1) is 5.92 Å². The first-order valence-corrected chi connectivity index (χ1v) is 5.78. The molecule has 0 saturated carbocycles. The van der Waals surface area contributed by atoms with Gasteiger partial charge in [-0.15, -0.1) is 0 Å². The van der Waals surface area contributed by atoms with Crippen LogP contribution in [-0.2, 0) is 4.79 Å². The second-order valence-corrected chi connectivity index (χ2v) is 4.47. The van der Waals surface area contributed by atoms with Gasteiger partial charge in [-0.05, 0) is 38.4 Å². The summed E-state index contributed by atoms with van der Waals surface area (Å²) in [7, 11) is 0. The second kappa shape index (κ2) is 4.70. The standard InChI is InChI=1S/C12H18N2O2/c1-9(11-5-2-6-13-11)14-7-3-4-10(8-14)12(15)16/h2,5-6,9-10,13H,3-4,7-8H2,1H3,(H,15,16)/t9-,10+/m0/s1. The molecule has 16 heavy (non-hydrogen) atoms. The van der Waals surface area contributed by atoms with Gasteiger partial charge in [-0.1, -0.05) is 0 Å². The average Bonchev–Trinajstić information content (AvgIpc) is 2.81. The molecule has 1 saturated heterocycles. The lowest BCUT2D eigenvalue weighted by molar-refractivity contribution is -0.143. The van der Waals surface area contributed by atoms with Crippen molar-refractivity contribution >= 4 is 5.97 Å². The van der Waals surface area contributed by atoms with Crippen molar-refractivity contribution in [1.29, 1.82) is 0 Å². The van der Waals surface area contributed by atoms with Gasteiger partial charge in [0.2, 0.25) is 0 Å². The highest BCUT2D eigenvalue weighted by Crippen LogP contribution is 2.25. The number of piperidine rings is 1. The molecule has 0 bridgehead atoms. The summed E-state index contributed by atoms with van der Waals surface area (Å²) in [5, 5.41) is 9.03. The van der Waals surface area contributed by atoms with Crippen LogP contribution in [0.15, 0.2) is 18.3 Å². The molecule has 88 valence electrons. The number of carbonyl (C=O) groups is 1. The lowest BCUT2D eigenvalue weighted by atomic mass is 9.96. The van der Waals surface area contributed by atoms with E-state index in [2.05, 4.69) is 22.9 Å². The van der Waals surface area contributed by atoms with Gasteiger partial charge < -0.3 is 10.1 Å². The molecule has 4 heteroatoms. The molecule has 2 atom stereocenters. The first kappa shape index (κ1) is 11.2. The highest BCUT2D eigenvalue weighted by molar-refractivity contribution is 5.70.